The fraction of sp³-hybridized carbons (Fsp3) is 0.267. The summed E-state index contributed by atoms with van der Waals surface area (Å²) >= 11 is 1.32. The molecule has 23 heavy (non-hydrogen) atoms. The van der Waals surface area contributed by atoms with E-state index in [2.05, 4.69) is 15.4 Å². The SMILES string of the molecule is CCc1cc(=O)n2nc(NCC[S@@](=O)c3ccccc3)sc2n1. The van der Waals surface area contributed by atoms with Crippen LogP contribution >= 0.6 is 11.3 Å². The van der Waals surface area contributed by atoms with Gasteiger partial charge in [-0.25, -0.2) is 4.98 Å². The summed E-state index contributed by atoms with van der Waals surface area (Å²) in [5.74, 6) is 0.475. The average Bonchev–Trinajstić information content (AvgIpc) is 2.99. The summed E-state index contributed by atoms with van der Waals surface area (Å²) in [5, 5.41) is 7.93. The predicted molar refractivity (Wildman–Crippen MR) is 92.7 cm³/mol. The fourth-order valence-electron chi connectivity index (χ4n) is 2.05. The molecule has 3 aromatic rings. The Labute approximate surface area is 139 Å². The van der Waals surface area contributed by atoms with Gasteiger partial charge in [-0.15, -0.1) is 5.10 Å². The second kappa shape index (κ2) is 7.01. The first-order valence-corrected chi connectivity index (χ1v) is 9.38. The summed E-state index contributed by atoms with van der Waals surface area (Å²) in [5.41, 5.74) is 0.583. The van der Waals surface area contributed by atoms with E-state index in [1.165, 1.54) is 21.9 Å². The van der Waals surface area contributed by atoms with Gasteiger partial charge >= 0.3 is 0 Å². The van der Waals surface area contributed by atoms with E-state index in [1.807, 2.05) is 37.3 Å². The third kappa shape index (κ3) is 3.65. The van der Waals surface area contributed by atoms with Crippen LogP contribution in [0.3, 0.4) is 0 Å². The molecule has 0 saturated heterocycles. The van der Waals surface area contributed by atoms with E-state index < -0.39 is 10.8 Å². The van der Waals surface area contributed by atoms with Crippen molar-refractivity contribution in [3.63, 3.8) is 0 Å². The van der Waals surface area contributed by atoms with Crippen molar-refractivity contribution in [3.05, 3.63) is 52.4 Å². The molecule has 0 bridgehead atoms. The second-order valence-corrected chi connectivity index (χ2v) is 7.36. The van der Waals surface area contributed by atoms with Gasteiger partial charge in [-0.05, 0) is 18.6 Å². The summed E-state index contributed by atoms with van der Waals surface area (Å²) in [6, 6.07) is 10.8. The van der Waals surface area contributed by atoms with Gasteiger partial charge in [0.05, 0.1) is 10.8 Å². The summed E-state index contributed by atoms with van der Waals surface area (Å²) in [4.78, 5) is 17.7. The highest BCUT2D eigenvalue weighted by Gasteiger charge is 2.09. The number of fused-ring (bicyclic) bond motifs is 1. The minimum atomic E-state index is -1.05. The lowest BCUT2D eigenvalue weighted by atomic mass is 10.3. The van der Waals surface area contributed by atoms with Crippen molar-refractivity contribution < 1.29 is 4.21 Å². The van der Waals surface area contributed by atoms with Crippen molar-refractivity contribution in [1.82, 2.24) is 14.6 Å². The fourth-order valence-corrected chi connectivity index (χ4v) is 3.88. The molecule has 1 N–H and O–H groups in total. The molecular weight excluding hydrogens is 332 g/mol. The lowest BCUT2D eigenvalue weighted by Crippen LogP contribution is -2.16. The molecule has 0 saturated carbocycles. The molecule has 0 fully saturated rings. The number of nitrogens with one attached hydrogen (secondary N) is 1. The van der Waals surface area contributed by atoms with Gasteiger partial charge in [0.2, 0.25) is 10.1 Å². The van der Waals surface area contributed by atoms with E-state index in [9.17, 15) is 9.00 Å². The molecule has 2 heterocycles. The molecule has 0 radical (unpaired) electrons. The van der Waals surface area contributed by atoms with Crippen LogP contribution in [0.5, 0.6) is 0 Å². The van der Waals surface area contributed by atoms with Gasteiger partial charge in [0.15, 0.2) is 0 Å². The van der Waals surface area contributed by atoms with E-state index in [0.29, 0.717) is 28.8 Å². The van der Waals surface area contributed by atoms with Crippen molar-refractivity contribution in [2.75, 3.05) is 17.6 Å². The molecule has 8 heteroatoms. The van der Waals surface area contributed by atoms with Crippen LogP contribution in [0, 0.1) is 0 Å². The summed E-state index contributed by atoms with van der Waals surface area (Å²) < 4.78 is 13.4. The monoisotopic (exact) mass is 348 g/mol. The number of aromatic nitrogens is 3. The molecule has 0 amide bonds. The van der Waals surface area contributed by atoms with Crippen LogP contribution in [-0.2, 0) is 17.2 Å². The van der Waals surface area contributed by atoms with Gasteiger partial charge in [-0.1, -0.05) is 36.5 Å². The Balaban J connectivity index is 1.67. The zero-order chi connectivity index (χ0) is 16.2. The Morgan fingerprint density at radius 1 is 1.30 bits per heavy atom. The molecule has 0 aliphatic rings. The van der Waals surface area contributed by atoms with Crippen LogP contribution < -0.4 is 10.9 Å². The highest BCUT2D eigenvalue weighted by molar-refractivity contribution is 7.85. The molecule has 0 aliphatic heterocycles. The highest BCUT2D eigenvalue weighted by Crippen LogP contribution is 2.16. The maximum absolute atomic E-state index is 12.1. The van der Waals surface area contributed by atoms with Crippen molar-refractivity contribution in [2.24, 2.45) is 0 Å². The molecule has 1 aromatic carbocycles. The molecule has 6 nitrogen and oxygen atoms in total. The van der Waals surface area contributed by atoms with Gasteiger partial charge in [-0.3, -0.25) is 9.00 Å². The van der Waals surface area contributed by atoms with Crippen molar-refractivity contribution in [3.8, 4) is 0 Å². The molecule has 0 spiro atoms. The van der Waals surface area contributed by atoms with Crippen LogP contribution in [0.15, 0.2) is 46.1 Å². The Kier molecular flexibility index (Phi) is 4.82. The van der Waals surface area contributed by atoms with Gasteiger partial charge < -0.3 is 5.32 Å². The maximum Gasteiger partial charge on any atom is 0.275 e. The standard InChI is InChI=1S/C15H16N4O2S2/c1-2-11-10-13(20)19-15(17-11)22-14(18-19)16-8-9-23(21)12-6-4-3-5-7-12/h3-7,10H,2,8-9H2,1H3,(H,16,18)/t23-/m1/s1. The van der Waals surface area contributed by atoms with E-state index >= 15 is 0 Å². The first-order chi connectivity index (χ1) is 11.2. The normalized spacial score (nSPS) is 12.4. The van der Waals surface area contributed by atoms with Crippen LogP contribution in [0.25, 0.3) is 4.96 Å². The van der Waals surface area contributed by atoms with E-state index in [1.54, 1.807) is 0 Å². The average molecular weight is 348 g/mol. The molecule has 0 unspecified atom stereocenters. The lowest BCUT2D eigenvalue weighted by molar-refractivity contribution is 0.683. The summed E-state index contributed by atoms with van der Waals surface area (Å²) in [6.07, 6.45) is 0.711. The largest absolute Gasteiger partial charge is 0.359 e. The smallest absolute Gasteiger partial charge is 0.275 e. The summed E-state index contributed by atoms with van der Waals surface area (Å²) in [7, 11) is -1.05. The third-order valence-corrected chi connectivity index (χ3v) is 5.47. The van der Waals surface area contributed by atoms with Gasteiger partial charge in [-0.2, -0.15) is 4.52 Å². The Hall–Kier alpha value is -2.06. The number of rotatable bonds is 6. The molecule has 0 aliphatic carbocycles. The number of anilines is 1. The first kappa shape index (κ1) is 15.8. The topological polar surface area (TPSA) is 76.4 Å². The van der Waals surface area contributed by atoms with Crippen molar-refractivity contribution in [1.29, 1.82) is 0 Å². The van der Waals surface area contributed by atoms with Crippen molar-refractivity contribution in [2.45, 2.75) is 18.2 Å². The Bertz CT molecular complexity index is 889. The zero-order valence-corrected chi connectivity index (χ0v) is 14.2. The lowest BCUT2D eigenvalue weighted by Gasteiger charge is -2.02. The minimum absolute atomic E-state index is 0.177. The molecule has 120 valence electrons. The maximum atomic E-state index is 12.1. The molecular formula is C15H16N4O2S2. The van der Waals surface area contributed by atoms with Gasteiger partial charge in [0, 0.05) is 29.0 Å². The van der Waals surface area contributed by atoms with Gasteiger partial charge in [0.1, 0.15) is 0 Å². The second-order valence-electron chi connectivity index (χ2n) is 4.83. The van der Waals surface area contributed by atoms with E-state index in [4.69, 9.17) is 0 Å². The molecule has 3 rings (SSSR count). The van der Waals surface area contributed by atoms with E-state index in [-0.39, 0.29) is 5.56 Å². The number of hydrogen-bond acceptors (Lipinski definition) is 6. The van der Waals surface area contributed by atoms with Crippen molar-refractivity contribution >= 4 is 32.2 Å². The number of aryl methyl sites for hydroxylation is 1. The minimum Gasteiger partial charge on any atom is -0.359 e. The third-order valence-electron chi connectivity index (χ3n) is 3.23. The van der Waals surface area contributed by atoms with Crippen LogP contribution in [0.4, 0.5) is 5.13 Å². The van der Waals surface area contributed by atoms with Gasteiger partial charge in [0.25, 0.3) is 5.56 Å². The van der Waals surface area contributed by atoms with E-state index in [0.717, 1.165) is 10.6 Å². The highest BCUT2D eigenvalue weighted by atomic mass is 32.2. The molecule has 2 aromatic heterocycles. The number of benzene rings is 1. The number of nitrogens with zero attached hydrogens (tertiary/aromatic N) is 3. The predicted octanol–water partition coefficient (Wildman–Crippen LogP) is 1.93. The first-order valence-electron chi connectivity index (χ1n) is 7.24. The van der Waals surface area contributed by atoms with Crippen LogP contribution in [-0.4, -0.2) is 31.1 Å². The number of hydrogen-bond donors (Lipinski definition) is 1. The summed E-state index contributed by atoms with van der Waals surface area (Å²) in [6.45, 7) is 2.47. The van der Waals surface area contributed by atoms with Crippen LogP contribution in [0.1, 0.15) is 12.6 Å². The Morgan fingerprint density at radius 3 is 2.83 bits per heavy atom. The van der Waals surface area contributed by atoms with Crippen LogP contribution in [0.2, 0.25) is 0 Å². The zero-order valence-electron chi connectivity index (χ0n) is 12.6. The molecule has 1 atom stereocenters. The Morgan fingerprint density at radius 2 is 2.09 bits per heavy atom. The quantitative estimate of drug-likeness (QED) is 0.737.